The van der Waals surface area contributed by atoms with Crippen LogP contribution in [0, 0.1) is 0 Å². The number of rotatable bonds is 7. The zero-order valence-electron chi connectivity index (χ0n) is 30.0. The largest absolute Gasteiger partial charge is 0.311 e. The predicted molar refractivity (Wildman–Crippen MR) is 221 cm³/mol. The molecule has 2 aliphatic rings. The molecule has 0 saturated heterocycles. The lowest BCUT2D eigenvalue weighted by molar-refractivity contribution is 0.652. The van der Waals surface area contributed by atoms with E-state index >= 15 is 0 Å². The van der Waals surface area contributed by atoms with Crippen molar-refractivity contribution >= 4 is 17.1 Å². The third-order valence-corrected chi connectivity index (χ3v) is 11.8. The second-order valence-corrected chi connectivity index (χ2v) is 14.9. The average Bonchev–Trinajstić information content (AvgIpc) is 3.67. The molecule has 0 fully saturated rings. The van der Waals surface area contributed by atoms with Gasteiger partial charge in [-0.25, -0.2) is 0 Å². The van der Waals surface area contributed by atoms with Crippen molar-refractivity contribution in [1.29, 1.82) is 0 Å². The Morgan fingerprint density at radius 2 is 0.642 bits per heavy atom. The Hall–Kier alpha value is -6.44. The second-order valence-electron chi connectivity index (χ2n) is 14.9. The Morgan fingerprint density at radius 3 is 1.08 bits per heavy atom. The molecule has 0 saturated carbocycles. The van der Waals surface area contributed by atoms with Crippen molar-refractivity contribution in [3.05, 3.63) is 234 Å². The van der Waals surface area contributed by atoms with Gasteiger partial charge >= 0.3 is 0 Å². The predicted octanol–water partition coefficient (Wildman–Crippen LogP) is 13.5. The van der Waals surface area contributed by atoms with Crippen LogP contribution in [0.1, 0.15) is 47.2 Å². The van der Waals surface area contributed by atoms with Gasteiger partial charge in [-0.3, -0.25) is 0 Å². The van der Waals surface area contributed by atoms with Gasteiger partial charge in [-0.05, 0) is 103 Å². The number of benzene rings is 8. The monoisotopic (exact) mass is 677 g/mol. The van der Waals surface area contributed by atoms with E-state index in [-0.39, 0.29) is 5.41 Å². The number of hydrogen-bond donors (Lipinski definition) is 0. The molecule has 8 aromatic rings. The fraction of sp³-hybridized carbons (Fsp3) is 0.0769. The Kier molecular flexibility index (Phi) is 7.13. The van der Waals surface area contributed by atoms with Crippen LogP contribution in [0.4, 0.5) is 17.1 Å². The van der Waals surface area contributed by atoms with Crippen molar-refractivity contribution in [2.75, 3.05) is 4.90 Å². The van der Waals surface area contributed by atoms with Crippen molar-refractivity contribution in [1.82, 2.24) is 0 Å². The first-order valence-corrected chi connectivity index (χ1v) is 18.6. The minimum atomic E-state index is -0.424. The molecular weight excluding hydrogens is 639 g/mol. The molecule has 8 aromatic carbocycles. The van der Waals surface area contributed by atoms with E-state index in [4.69, 9.17) is 0 Å². The fourth-order valence-corrected chi connectivity index (χ4v) is 9.25. The molecule has 252 valence electrons. The molecule has 0 radical (unpaired) electrons. The van der Waals surface area contributed by atoms with Gasteiger partial charge in [0.05, 0.1) is 5.41 Å². The average molecular weight is 678 g/mol. The molecule has 0 spiro atoms. The van der Waals surface area contributed by atoms with Crippen LogP contribution in [-0.2, 0) is 10.8 Å². The third kappa shape index (κ3) is 4.70. The Morgan fingerprint density at radius 1 is 0.302 bits per heavy atom. The van der Waals surface area contributed by atoms with Gasteiger partial charge in [-0.15, -0.1) is 0 Å². The van der Waals surface area contributed by atoms with Crippen molar-refractivity contribution in [3.8, 4) is 33.4 Å². The zero-order chi connectivity index (χ0) is 35.6. The summed E-state index contributed by atoms with van der Waals surface area (Å²) in [6.07, 6.45) is 0. The number of nitrogens with zero attached hydrogens (tertiary/aromatic N) is 1. The van der Waals surface area contributed by atoms with Crippen LogP contribution >= 0.6 is 0 Å². The van der Waals surface area contributed by atoms with Crippen LogP contribution in [0.2, 0.25) is 0 Å². The van der Waals surface area contributed by atoms with E-state index in [0.717, 1.165) is 17.1 Å². The first-order valence-electron chi connectivity index (χ1n) is 18.6. The normalized spacial score (nSPS) is 14.2. The van der Waals surface area contributed by atoms with E-state index in [1.54, 1.807) is 0 Å². The van der Waals surface area contributed by atoms with Gasteiger partial charge < -0.3 is 4.90 Å². The van der Waals surface area contributed by atoms with E-state index in [1.807, 2.05) is 0 Å². The molecule has 0 atom stereocenters. The van der Waals surface area contributed by atoms with E-state index in [1.165, 1.54) is 66.8 Å². The van der Waals surface area contributed by atoms with Crippen molar-refractivity contribution in [2.45, 2.75) is 24.7 Å². The van der Waals surface area contributed by atoms with Crippen LogP contribution in [-0.4, -0.2) is 0 Å². The summed E-state index contributed by atoms with van der Waals surface area (Å²) in [6.45, 7) is 4.76. The number of anilines is 3. The highest BCUT2D eigenvalue weighted by atomic mass is 15.1. The van der Waals surface area contributed by atoms with Crippen LogP contribution < -0.4 is 4.90 Å². The standard InChI is InChI=1S/C52H39N/c1-51(2)45-20-12-22-47-49(45)50-46(51)21-13-23-48(50)52(47,40-18-10-5-11-19-40)41-28-34-44(35-29-41)53(42-30-24-38(25-31-42)36-14-6-3-7-15-36)43-32-26-39(27-33-43)37-16-8-4-9-17-37/h3-35H,1-2H3. The lowest BCUT2D eigenvalue weighted by Gasteiger charge is -2.36. The quantitative estimate of drug-likeness (QED) is 0.162. The molecule has 53 heavy (non-hydrogen) atoms. The van der Waals surface area contributed by atoms with E-state index in [2.05, 4.69) is 219 Å². The molecule has 0 amide bonds. The lowest BCUT2D eigenvalue weighted by atomic mass is 9.66. The second kappa shape index (κ2) is 12.1. The summed E-state index contributed by atoms with van der Waals surface area (Å²) in [5.74, 6) is 0. The summed E-state index contributed by atoms with van der Waals surface area (Å²) < 4.78 is 0. The Balaban J connectivity index is 1.13. The van der Waals surface area contributed by atoms with Gasteiger partial charge in [0, 0.05) is 22.5 Å². The molecule has 0 aliphatic heterocycles. The summed E-state index contributed by atoms with van der Waals surface area (Å²) in [7, 11) is 0. The van der Waals surface area contributed by atoms with Gasteiger partial charge in [0.1, 0.15) is 0 Å². The van der Waals surface area contributed by atoms with Crippen LogP contribution in [0.15, 0.2) is 200 Å². The molecule has 0 bridgehead atoms. The minimum absolute atomic E-state index is 0.0317. The maximum Gasteiger partial charge on any atom is 0.0713 e. The van der Waals surface area contributed by atoms with Gasteiger partial charge in [-0.2, -0.15) is 0 Å². The SMILES string of the molecule is CC1(C)c2cccc3c2-c2c1cccc2C3(c1ccccc1)c1ccc(N(c2ccc(-c3ccccc3)cc2)c2ccc(-c3ccccc3)cc2)cc1. The van der Waals surface area contributed by atoms with Crippen molar-refractivity contribution in [3.63, 3.8) is 0 Å². The van der Waals surface area contributed by atoms with Crippen molar-refractivity contribution < 1.29 is 0 Å². The minimum Gasteiger partial charge on any atom is -0.311 e. The zero-order valence-corrected chi connectivity index (χ0v) is 30.0. The van der Waals surface area contributed by atoms with E-state index < -0.39 is 5.41 Å². The Labute approximate surface area is 312 Å². The van der Waals surface area contributed by atoms with Crippen LogP contribution in [0.25, 0.3) is 33.4 Å². The topological polar surface area (TPSA) is 3.24 Å². The number of hydrogen-bond acceptors (Lipinski definition) is 1. The molecule has 0 unspecified atom stereocenters. The van der Waals surface area contributed by atoms with Gasteiger partial charge in [-0.1, -0.05) is 178 Å². The maximum atomic E-state index is 2.38. The molecule has 2 aliphatic carbocycles. The smallest absolute Gasteiger partial charge is 0.0713 e. The highest BCUT2D eigenvalue weighted by Crippen LogP contribution is 2.64. The van der Waals surface area contributed by atoms with E-state index in [9.17, 15) is 0 Å². The first kappa shape index (κ1) is 31.3. The molecule has 1 nitrogen and oxygen atoms in total. The maximum absolute atomic E-state index is 2.38. The highest BCUT2D eigenvalue weighted by molar-refractivity contribution is 5.95. The summed E-state index contributed by atoms with van der Waals surface area (Å²) in [6, 6.07) is 73.6. The summed E-state index contributed by atoms with van der Waals surface area (Å²) in [4.78, 5) is 2.38. The molecule has 0 aromatic heterocycles. The molecule has 0 N–H and O–H groups in total. The van der Waals surface area contributed by atoms with Gasteiger partial charge in [0.2, 0.25) is 0 Å². The van der Waals surface area contributed by atoms with Crippen LogP contribution in [0.5, 0.6) is 0 Å². The molecule has 0 heterocycles. The van der Waals surface area contributed by atoms with Gasteiger partial charge in [0.25, 0.3) is 0 Å². The highest BCUT2D eigenvalue weighted by Gasteiger charge is 2.52. The fourth-order valence-electron chi connectivity index (χ4n) is 9.25. The Bertz CT molecular complexity index is 2450. The lowest BCUT2D eigenvalue weighted by Crippen LogP contribution is -2.30. The van der Waals surface area contributed by atoms with E-state index in [0.29, 0.717) is 0 Å². The third-order valence-electron chi connectivity index (χ3n) is 11.8. The van der Waals surface area contributed by atoms with Gasteiger partial charge in [0.15, 0.2) is 0 Å². The summed E-state index contributed by atoms with van der Waals surface area (Å²) in [5, 5.41) is 0. The first-order chi connectivity index (χ1) is 26.0. The summed E-state index contributed by atoms with van der Waals surface area (Å²) in [5.41, 5.74) is 18.8. The van der Waals surface area contributed by atoms with Crippen LogP contribution in [0.3, 0.4) is 0 Å². The molecular formula is C52H39N. The molecule has 1 heteroatoms. The summed E-state index contributed by atoms with van der Waals surface area (Å²) >= 11 is 0. The molecule has 10 rings (SSSR count). The van der Waals surface area contributed by atoms with Crippen molar-refractivity contribution in [2.24, 2.45) is 0 Å².